The van der Waals surface area contributed by atoms with Gasteiger partial charge in [0.15, 0.2) is 0 Å². The lowest BCUT2D eigenvalue weighted by Gasteiger charge is -2.33. The van der Waals surface area contributed by atoms with E-state index in [1.54, 1.807) is 0 Å². The predicted molar refractivity (Wildman–Crippen MR) is 97.0 cm³/mol. The summed E-state index contributed by atoms with van der Waals surface area (Å²) in [7, 11) is 0. The molecule has 2 atom stereocenters. The maximum atomic E-state index is 12.7. The molecule has 1 N–H and O–H groups in total. The molecule has 4 nitrogen and oxygen atoms in total. The van der Waals surface area contributed by atoms with E-state index in [1.165, 1.54) is 38.5 Å². The second-order valence-corrected chi connectivity index (χ2v) is 7.65. The zero-order valence-electron chi connectivity index (χ0n) is 14.6. The van der Waals surface area contributed by atoms with Gasteiger partial charge in [0.1, 0.15) is 0 Å². The number of nitrogens with one attached hydrogen (secondary N) is 1. The fourth-order valence-corrected chi connectivity index (χ4v) is 4.62. The highest BCUT2D eigenvalue weighted by Gasteiger charge is 2.33. The number of rotatable bonds is 4. The van der Waals surface area contributed by atoms with Crippen LogP contribution in [0.4, 0.5) is 0 Å². The zero-order valence-corrected chi connectivity index (χ0v) is 15.5. The van der Waals surface area contributed by atoms with Crippen LogP contribution in [0.5, 0.6) is 0 Å². The molecule has 23 heavy (non-hydrogen) atoms. The van der Waals surface area contributed by atoms with Crippen LogP contribution in [0, 0.1) is 11.8 Å². The van der Waals surface area contributed by atoms with E-state index in [9.17, 15) is 4.79 Å². The summed E-state index contributed by atoms with van der Waals surface area (Å²) in [6, 6.07) is 0.605. The van der Waals surface area contributed by atoms with Crippen molar-refractivity contribution in [2.24, 2.45) is 11.8 Å². The topological polar surface area (TPSA) is 35.6 Å². The second kappa shape index (κ2) is 9.24. The normalized spacial score (nSPS) is 28.4. The van der Waals surface area contributed by atoms with Crippen molar-refractivity contribution in [1.82, 2.24) is 15.1 Å². The van der Waals surface area contributed by atoms with Crippen LogP contribution in [0.25, 0.3) is 0 Å². The van der Waals surface area contributed by atoms with Crippen molar-refractivity contribution in [3.05, 3.63) is 0 Å². The Morgan fingerprint density at radius 1 is 1.09 bits per heavy atom. The molecular weight excluding hydrogens is 310 g/mol. The van der Waals surface area contributed by atoms with E-state index >= 15 is 0 Å². The van der Waals surface area contributed by atoms with Crippen LogP contribution < -0.4 is 5.32 Å². The Labute approximate surface area is 147 Å². The van der Waals surface area contributed by atoms with E-state index in [4.69, 9.17) is 0 Å². The van der Waals surface area contributed by atoms with Gasteiger partial charge in [-0.2, -0.15) is 0 Å². The number of nitrogens with zero attached hydrogens (tertiary/aromatic N) is 2. The molecule has 3 aliphatic rings. The number of piperazine rings is 1. The van der Waals surface area contributed by atoms with Gasteiger partial charge in [-0.05, 0) is 18.8 Å². The molecule has 0 aromatic carbocycles. The van der Waals surface area contributed by atoms with E-state index in [0.717, 1.165) is 51.6 Å². The van der Waals surface area contributed by atoms with Crippen molar-refractivity contribution in [3.8, 4) is 0 Å². The monoisotopic (exact) mass is 343 g/mol. The molecule has 0 bridgehead atoms. The van der Waals surface area contributed by atoms with Crippen LogP contribution in [0.2, 0.25) is 0 Å². The van der Waals surface area contributed by atoms with Crippen molar-refractivity contribution < 1.29 is 4.79 Å². The smallest absolute Gasteiger partial charge is 0.225 e. The van der Waals surface area contributed by atoms with Gasteiger partial charge in [-0.25, -0.2) is 0 Å². The number of hydrogen-bond acceptors (Lipinski definition) is 3. The van der Waals surface area contributed by atoms with Crippen LogP contribution in [0.15, 0.2) is 0 Å². The molecule has 2 aliphatic heterocycles. The lowest BCUT2D eigenvalue weighted by atomic mass is 9.83. The second-order valence-electron chi connectivity index (χ2n) is 7.65. The van der Waals surface area contributed by atoms with Crippen LogP contribution in [0.3, 0.4) is 0 Å². The molecule has 1 amide bonds. The fraction of sp³-hybridized carbons (Fsp3) is 0.944. The first-order valence-corrected chi connectivity index (χ1v) is 9.47. The first kappa shape index (κ1) is 19.0. The maximum absolute atomic E-state index is 12.7. The molecule has 1 aliphatic carbocycles. The number of carbonyl (C=O) groups is 1. The van der Waals surface area contributed by atoms with Crippen molar-refractivity contribution >= 4 is 18.3 Å². The summed E-state index contributed by atoms with van der Waals surface area (Å²) >= 11 is 0. The third-order valence-electron chi connectivity index (χ3n) is 5.98. The third-order valence-corrected chi connectivity index (χ3v) is 5.98. The Bertz CT molecular complexity index is 367. The number of amides is 1. The summed E-state index contributed by atoms with van der Waals surface area (Å²) < 4.78 is 0. The van der Waals surface area contributed by atoms with Gasteiger partial charge in [0.05, 0.1) is 0 Å². The summed E-state index contributed by atoms with van der Waals surface area (Å²) in [6.45, 7) is 8.59. The summed E-state index contributed by atoms with van der Waals surface area (Å²) in [5.74, 6) is 1.45. The third kappa shape index (κ3) is 5.07. The van der Waals surface area contributed by atoms with Gasteiger partial charge in [-0.15, -0.1) is 12.4 Å². The van der Waals surface area contributed by atoms with E-state index in [-0.39, 0.29) is 18.3 Å². The Morgan fingerprint density at radius 2 is 1.78 bits per heavy atom. The van der Waals surface area contributed by atoms with Crippen LogP contribution in [-0.4, -0.2) is 61.0 Å². The highest BCUT2D eigenvalue weighted by atomic mass is 35.5. The predicted octanol–water partition coefficient (Wildman–Crippen LogP) is 2.52. The Morgan fingerprint density at radius 3 is 2.48 bits per heavy atom. The first-order chi connectivity index (χ1) is 10.7. The van der Waals surface area contributed by atoms with Crippen molar-refractivity contribution in [2.45, 2.75) is 57.9 Å². The average molecular weight is 344 g/mol. The molecule has 3 rings (SSSR count). The van der Waals surface area contributed by atoms with E-state index in [0.29, 0.717) is 11.9 Å². The Hall–Kier alpha value is -0.320. The molecule has 0 aromatic heterocycles. The zero-order chi connectivity index (χ0) is 15.4. The van der Waals surface area contributed by atoms with Crippen LogP contribution in [0.1, 0.15) is 51.9 Å². The van der Waals surface area contributed by atoms with Gasteiger partial charge in [0.2, 0.25) is 5.91 Å². The number of halogens is 1. The molecule has 0 radical (unpaired) electrons. The molecular formula is C18H34ClN3O. The molecule has 0 aromatic rings. The SMILES string of the molecule is CC(CC1CCCCC1)C(=O)N1CCC(N2CCNCC2)C1.Cl. The van der Waals surface area contributed by atoms with Crippen molar-refractivity contribution in [1.29, 1.82) is 0 Å². The van der Waals surface area contributed by atoms with Crippen LogP contribution >= 0.6 is 12.4 Å². The number of likely N-dealkylation sites (tertiary alicyclic amines) is 1. The van der Waals surface area contributed by atoms with E-state index < -0.39 is 0 Å². The highest BCUT2D eigenvalue weighted by molar-refractivity contribution is 5.85. The molecule has 134 valence electrons. The fourth-order valence-electron chi connectivity index (χ4n) is 4.62. The Balaban J connectivity index is 0.00000192. The Kier molecular flexibility index (Phi) is 7.64. The number of carbonyl (C=O) groups excluding carboxylic acids is 1. The van der Waals surface area contributed by atoms with Gasteiger partial charge in [0.25, 0.3) is 0 Å². The lowest BCUT2D eigenvalue weighted by molar-refractivity contribution is -0.134. The summed E-state index contributed by atoms with van der Waals surface area (Å²) in [4.78, 5) is 17.5. The van der Waals surface area contributed by atoms with Crippen molar-refractivity contribution in [2.75, 3.05) is 39.3 Å². The minimum atomic E-state index is 0. The molecule has 2 unspecified atom stereocenters. The van der Waals surface area contributed by atoms with Crippen LogP contribution in [-0.2, 0) is 4.79 Å². The lowest BCUT2D eigenvalue weighted by Crippen LogP contribution is -2.49. The highest BCUT2D eigenvalue weighted by Crippen LogP contribution is 2.30. The van der Waals surface area contributed by atoms with E-state index in [2.05, 4.69) is 22.0 Å². The summed E-state index contributed by atoms with van der Waals surface area (Å²) in [5, 5.41) is 3.41. The average Bonchev–Trinajstić information content (AvgIpc) is 3.06. The number of hydrogen-bond donors (Lipinski definition) is 1. The largest absolute Gasteiger partial charge is 0.341 e. The molecule has 3 fully saturated rings. The summed E-state index contributed by atoms with van der Waals surface area (Å²) in [6.07, 6.45) is 9.13. The van der Waals surface area contributed by atoms with Crippen molar-refractivity contribution in [3.63, 3.8) is 0 Å². The minimum absolute atomic E-state index is 0. The van der Waals surface area contributed by atoms with Gasteiger partial charge in [0, 0.05) is 51.2 Å². The maximum Gasteiger partial charge on any atom is 0.225 e. The molecule has 5 heteroatoms. The minimum Gasteiger partial charge on any atom is -0.341 e. The van der Waals surface area contributed by atoms with E-state index in [1.807, 2.05) is 0 Å². The van der Waals surface area contributed by atoms with Gasteiger partial charge in [-0.1, -0.05) is 39.0 Å². The molecule has 0 spiro atoms. The first-order valence-electron chi connectivity index (χ1n) is 9.47. The molecule has 2 saturated heterocycles. The van der Waals surface area contributed by atoms with Gasteiger partial charge in [-0.3, -0.25) is 9.69 Å². The molecule has 1 saturated carbocycles. The van der Waals surface area contributed by atoms with Gasteiger partial charge < -0.3 is 10.2 Å². The summed E-state index contributed by atoms with van der Waals surface area (Å²) in [5.41, 5.74) is 0. The molecule has 2 heterocycles. The standard InChI is InChI=1S/C18H33N3O.ClH/c1-15(13-16-5-3-2-4-6-16)18(22)21-10-7-17(14-21)20-11-8-19-9-12-20;/h15-17,19H,2-14H2,1H3;1H. The quantitative estimate of drug-likeness (QED) is 0.852. The van der Waals surface area contributed by atoms with Gasteiger partial charge >= 0.3 is 0 Å².